The van der Waals surface area contributed by atoms with Gasteiger partial charge in [0, 0.05) is 11.9 Å². The summed E-state index contributed by atoms with van der Waals surface area (Å²) < 4.78 is 0. The Morgan fingerprint density at radius 2 is 0.465 bits per heavy atom. The van der Waals surface area contributed by atoms with Crippen LogP contribution in [0.2, 0.25) is 0 Å². The number of hydrogen-bond donors (Lipinski definition) is 0. The van der Waals surface area contributed by atoms with Crippen LogP contribution in [0.3, 0.4) is 0 Å². The Morgan fingerprint density at radius 3 is 0.605 bits per heavy atom. The number of carboxylic acids is 2. The summed E-state index contributed by atoms with van der Waals surface area (Å²) in [5.41, 5.74) is 0. The predicted octanol–water partition coefficient (Wildman–Crippen LogP) is 3.18. The molecule has 0 bridgehead atoms. The van der Waals surface area contributed by atoms with Crippen molar-refractivity contribution in [1.29, 1.82) is 0 Å². The van der Waals surface area contributed by atoms with Crippen molar-refractivity contribution in [2.24, 2.45) is 0 Å². The van der Waals surface area contributed by atoms with Gasteiger partial charge in [-0.3, -0.25) is 0 Å². The van der Waals surface area contributed by atoms with Crippen LogP contribution < -0.4 is 69.3 Å². The number of hydrogen-bond acceptors (Lipinski definition) is 4. The minimum Gasteiger partial charge on any atom is -0.550 e. The van der Waals surface area contributed by atoms with Crippen molar-refractivity contribution in [3.8, 4) is 0 Å². The van der Waals surface area contributed by atoms with Gasteiger partial charge in [0.2, 0.25) is 0 Å². The zero-order valence-electron chi connectivity index (χ0n) is 29.8. The molecule has 0 aliphatic rings. The standard InChI is InChI=1S/2C18H36O2.2Na.H2O/c2*1-2-3-4-5-6-7-8-9-10-11-12-13-14-15-16-17-18(19)20;;;/h2*2-17H2,1H3,(H,19,20);;;1H2/q;;2*+1;/p-2. The second kappa shape index (κ2) is 49.8. The first-order chi connectivity index (χ1) is 19.5. The summed E-state index contributed by atoms with van der Waals surface area (Å²) in [7, 11) is 0. The molecule has 0 unspecified atom stereocenters. The topological polar surface area (TPSA) is 112 Å². The van der Waals surface area contributed by atoms with Crippen LogP contribution in [0.4, 0.5) is 0 Å². The fourth-order valence-electron chi connectivity index (χ4n) is 5.28. The van der Waals surface area contributed by atoms with E-state index in [1.807, 2.05) is 0 Å². The Hall–Kier alpha value is 0.900. The maximum Gasteiger partial charge on any atom is 1.00 e. The van der Waals surface area contributed by atoms with Crippen molar-refractivity contribution in [1.82, 2.24) is 0 Å². The molecule has 2 N–H and O–H groups in total. The summed E-state index contributed by atoms with van der Waals surface area (Å²) in [6, 6.07) is 0. The molecule has 0 aromatic heterocycles. The Labute approximate surface area is 313 Å². The molecule has 5 nitrogen and oxygen atoms in total. The van der Waals surface area contributed by atoms with E-state index in [1.165, 1.54) is 167 Å². The van der Waals surface area contributed by atoms with Gasteiger partial charge in [0.15, 0.2) is 0 Å². The van der Waals surface area contributed by atoms with Crippen LogP contribution in [-0.2, 0) is 9.59 Å². The molecule has 0 atom stereocenters. The SMILES string of the molecule is CCCCCCCCCCCCCCCCCC(=O)[O-].CCCCCCCCCCCCCCCCCC(=O)[O-].O.[Na+].[Na+]. The third-order valence-electron chi connectivity index (χ3n) is 7.97. The zero-order valence-corrected chi connectivity index (χ0v) is 33.8. The molecule has 43 heavy (non-hydrogen) atoms. The molecule has 0 heterocycles. The van der Waals surface area contributed by atoms with Crippen LogP contribution in [0, 0.1) is 0 Å². The van der Waals surface area contributed by atoms with E-state index < -0.39 is 11.9 Å². The Kier molecular flexibility index (Phi) is 61.8. The van der Waals surface area contributed by atoms with Gasteiger partial charge in [0.25, 0.3) is 0 Å². The monoisotopic (exact) mass is 631 g/mol. The number of unbranched alkanes of at least 4 members (excludes halogenated alkanes) is 28. The van der Waals surface area contributed by atoms with Crippen LogP contribution in [0.25, 0.3) is 0 Å². The molecule has 0 spiro atoms. The van der Waals surface area contributed by atoms with Crippen molar-refractivity contribution < 1.29 is 84.4 Å². The van der Waals surface area contributed by atoms with E-state index in [2.05, 4.69) is 13.8 Å². The molecule has 0 aromatic rings. The summed E-state index contributed by atoms with van der Waals surface area (Å²) in [6.45, 7) is 4.53. The van der Waals surface area contributed by atoms with E-state index in [0.29, 0.717) is 0 Å². The molecule has 0 amide bonds. The molecule has 0 rings (SSSR count). The first kappa shape index (κ1) is 53.4. The third-order valence-corrected chi connectivity index (χ3v) is 7.97. The molecule has 0 aromatic carbocycles. The van der Waals surface area contributed by atoms with E-state index >= 15 is 0 Å². The molecule has 0 saturated carbocycles. The Morgan fingerprint density at radius 1 is 0.326 bits per heavy atom. The Bertz CT molecular complexity index is 462. The van der Waals surface area contributed by atoms with Crippen molar-refractivity contribution in [3.63, 3.8) is 0 Å². The maximum atomic E-state index is 10.2. The molecule has 0 saturated heterocycles. The third kappa shape index (κ3) is 58.9. The van der Waals surface area contributed by atoms with E-state index in [0.717, 1.165) is 25.7 Å². The van der Waals surface area contributed by atoms with Crippen molar-refractivity contribution in [3.05, 3.63) is 0 Å². The Balaban J connectivity index is -0.000000209. The first-order valence-corrected chi connectivity index (χ1v) is 17.9. The minimum absolute atomic E-state index is 0. The van der Waals surface area contributed by atoms with E-state index in [-0.39, 0.29) is 77.4 Å². The summed E-state index contributed by atoms with van der Waals surface area (Å²) in [5, 5.41) is 20.4. The smallest absolute Gasteiger partial charge is 0.550 e. The second-order valence-corrected chi connectivity index (χ2v) is 12.1. The predicted molar refractivity (Wildman–Crippen MR) is 173 cm³/mol. The van der Waals surface area contributed by atoms with Gasteiger partial charge >= 0.3 is 59.1 Å². The van der Waals surface area contributed by atoms with Crippen molar-refractivity contribution in [2.75, 3.05) is 0 Å². The minimum atomic E-state index is -0.903. The maximum absolute atomic E-state index is 10.2. The van der Waals surface area contributed by atoms with Gasteiger partial charge < -0.3 is 25.3 Å². The quantitative estimate of drug-likeness (QED) is 0.0840. The molecular formula is C36H72Na2O5. The van der Waals surface area contributed by atoms with Gasteiger partial charge in [0.05, 0.1) is 0 Å². The van der Waals surface area contributed by atoms with Crippen LogP contribution in [0.5, 0.6) is 0 Å². The van der Waals surface area contributed by atoms with Gasteiger partial charge in [-0.05, 0) is 25.7 Å². The fraction of sp³-hybridized carbons (Fsp3) is 0.944. The van der Waals surface area contributed by atoms with Gasteiger partial charge in [-0.1, -0.05) is 194 Å². The molecule has 7 heteroatoms. The average Bonchev–Trinajstić information content (AvgIpc) is 2.93. The fourth-order valence-corrected chi connectivity index (χ4v) is 5.28. The average molecular weight is 631 g/mol. The van der Waals surface area contributed by atoms with Crippen molar-refractivity contribution in [2.45, 2.75) is 219 Å². The van der Waals surface area contributed by atoms with Gasteiger partial charge in [-0.2, -0.15) is 0 Å². The molecule has 0 fully saturated rings. The van der Waals surface area contributed by atoms with Crippen LogP contribution >= 0.6 is 0 Å². The molecule has 0 radical (unpaired) electrons. The van der Waals surface area contributed by atoms with Gasteiger partial charge in [0.1, 0.15) is 0 Å². The van der Waals surface area contributed by atoms with Crippen molar-refractivity contribution >= 4 is 11.9 Å². The van der Waals surface area contributed by atoms with Crippen LogP contribution in [-0.4, -0.2) is 17.4 Å². The largest absolute Gasteiger partial charge is 1.00 e. The normalized spacial score (nSPS) is 10.1. The first-order valence-electron chi connectivity index (χ1n) is 17.9. The second-order valence-electron chi connectivity index (χ2n) is 12.1. The summed E-state index contributed by atoms with van der Waals surface area (Å²) >= 11 is 0. The number of carbonyl (C=O) groups is 2. The number of rotatable bonds is 32. The van der Waals surface area contributed by atoms with Crippen LogP contribution in [0.15, 0.2) is 0 Å². The summed E-state index contributed by atoms with van der Waals surface area (Å²) in [5.74, 6) is -1.81. The zero-order chi connectivity index (χ0) is 29.8. The summed E-state index contributed by atoms with van der Waals surface area (Å²) in [6.07, 6.45) is 39.7. The van der Waals surface area contributed by atoms with Gasteiger partial charge in [-0.25, -0.2) is 0 Å². The summed E-state index contributed by atoms with van der Waals surface area (Å²) in [4.78, 5) is 20.4. The molecule has 248 valence electrons. The number of carbonyl (C=O) groups excluding carboxylic acids is 2. The van der Waals surface area contributed by atoms with E-state index in [1.54, 1.807) is 0 Å². The molecule has 0 aliphatic heterocycles. The number of aliphatic carboxylic acids is 2. The van der Waals surface area contributed by atoms with Gasteiger partial charge in [-0.15, -0.1) is 0 Å². The van der Waals surface area contributed by atoms with E-state index in [4.69, 9.17) is 0 Å². The number of carboxylic acid groups (broad SMARTS) is 2. The van der Waals surface area contributed by atoms with E-state index in [9.17, 15) is 19.8 Å². The van der Waals surface area contributed by atoms with Crippen LogP contribution in [0.1, 0.15) is 219 Å². The molecular weight excluding hydrogens is 558 g/mol. The molecule has 0 aliphatic carbocycles.